The van der Waals surface area contributed by atoms with Gasteiger partial charge in [-0.2, -0.15) is 0 Å². The molecule has 0 unspecified atom stereocenters. The molecule has 3 heteroatoms. The summed E-state index contributed by atoms with van der Waals surface area (Å²) in [7, 11) is -1.87. The number of hydrogen-bond acceptors (Lipinski definition) is 2. The van der Waals surface area contributed by atoms with Gasteiger partial charge >= 0.3 is 5.97 Å². The van der Waals surface area contributed by atoms with Crippen LogP contribution in [-0.4, -0.2) is 17.7 Å². The first-order chi connectivity index (χ1) is 13.9. The van der Waals surface area contributed by atoms with Gasteiger partial charge in [0.05, 0.1) is 6.16 Å². The fourth-order valence-corrected chi connectivity index (χ4v) is 8.08. The van der Waals surface area contributed by atoms with Gasteiger partial charge in [0.1, 0.15) is 28.8 Å². The molecule has 29 heavy (non-hydrogen) atoms. The summed E-state index contributed by atoms with van der Waals surface area (Å²) in [5.41, 5.74) is -0.443. The molecule has 3 aromatic rings. The molecule has 0 aliphatic rings. The van der Waals surface area contributed by atoms with E-state index in [4.69, 9.17) is 4.74 Å². The highest BCUT2D eigenvalue weighted by Gasteiger charge is 2.44. The van der Waals surface area contributed by atoms with Gasteiger partial charge in [-0.1, -0.05) is 54.6 Å². The SMILES string of the molecule is CC(C)(C)OC(=O)CCC[P+](c1ccccc1)(c1ccccc1)c1ccccc1. The Labute approximate surface area is 175 Å². The molecule has 0 spiro atoms. The van der Waals surface area contributed by atoms with Crippen LogP contribution in [0.2, 0.25) is 0 Å². The van der Waals surface area contributed by atoms with Crippen molar-refractivity contribution < 1.29 is 9.53 Å². The van der Waals surface area contributed by atoms with Crippen molar-refractivity contribution in [3.05, 3.63) is 91.0 Å². The largest absolute Gasteiger partial charge is 0.460 e. The molecule has 0 saturated heterocycles. The Morgan fingerprint density at radius 1 is 0.724 bits per heavy atom. The van der Waals surface area contributed by atoms with E-state index in [0.717, 1.165) is 12.6 Å². The topological polar surface area (TPSA) is 26.3 Å². The van der Waals surface area contributed by atoms with E-state index in [-0.39, 0.29) is 5.97 Å². The van der Waals surface area contributed by atoms with Gasteiger partial charge in [0.2, 0.25) is 0 Å². The average Bonchev–Trinajstić information content (AvgIpc) is 2.72. The Morgan fingerprint density at radius 3 is 1.45 bits per heavy atom. The first kappa shape index (κ1) is 21.3. The zero-order valence-electron chi connectivity index (χ0n) is 17.5. The summed E-state index contributed by atoms with van der Waals surface area (Å²) in [6, 6.07) is 32.3. The van der Waals surface area contributed by atoms with Crippen LogP contribution in [0.4, 0.5) is 0 Å². The summed E-state index contributed by atoms with van der Waals surface area (Å²) in [5, 5.41) is 4.05. The summed E-state index contributed by atoms with van der Waals surface area (Å²) in [5.74, 6) is -0.121. The van der Waals surface area contributed by atoms with Gasteiger partial charge in [-0.3, -0.25) is 4.79 Å². The van der Waals surface area contributed by atoms with E-state index in [1.165, 1.54) is 15.9 Å². The van der Waals surface area contributed by atoms with E-state index in [0.29, 0.717) is 6.42 Å². The summed E-state index contributed by atoms with van der Waals surface area (Å²) < 4.78 is 5.54. The molecule has 3 rings (SSSR count). The molecule has 2 nitrogen and oxygen atoms in total. The lowest BCUT2D eigenvalue weighted by Crippen LogP contribution is -2.33. The molecular formula is C26H30O2P+. The van der Waals surface area contributed by atoms with Crippen molar-refractivity contribution in [3.63, 3.8) is 0 Å². The van der Waals surface area contributed by atoms with Crippen molar-refractivity contribution in [1.29, 1.82) is 0 Å². The number of rotatable bonds is 7. The predicted octanol–water partition coefficient (Wildman–Crippen LogP) is 5.10. The van der Waals surface area contributed by atoms with Crippen LogP contribution in [0, 0.1) is 0 Å². The summed E-state index contributed by atoms with van der Waals surface area (Å²) in [6.45, 7) is 5.75. The fourth-order valence-electron chi connectivity index (χ4n) is 3.74. The molecular weight excluding hydrogens is 375 g/mol. The first-order valence-corrected chi connectivity index (χ1v) is 12.2. The smallest absolute Gasteiger partial charge is 0.306 e. The van der Waals surface area contributed by atoms with Crippen LogP contribution in [-0.2, 0) is 9.53 Å². The predicted molar refractivity (Wildman–Crippen MR) is 125 cm³/mol. The zero-order valence-corrected chi connectivity index (χ0v) is 18.4. The summed E-state index contributed by atoms with van der Waals surface area (Å²) in [4.78, 5) is 12.3. The first-order valence-electron chi connectivity index (χ1n) is 10.2. The van der Waals surface area contributed by atoms with Crippen LogP contribution in [0.5, 0.6) is 0 Å². The Balaban J connectivity index is 2.00. The molecule has 0 aliphatic heterocycles. The fraction of sp³-hybridized carbons (Fsp3) is 0.269. The lowest BCUT2D eigenvalue weighted by atomic mass is 10.2. The van der Waals surface area contributed by atoms with E-state index in [1.54, 1.807) is 0 Å². The highest BCUT2D eigenvalue weighted by atomic mass is 31.2. The molecule has 0 fully saturated rings. The Hall–Kier alpha value is -2.44. The van der Waals surface area contributed by atoms with E-state index in [9.17, 15) is 4.79 Å². The van der Waals surface area contributed by atoms with E-state index >= 15 is 0 Å². The normalized spacial score (nSPS) is 11.8. The van der Waals surface area contributed by atoms with Gasteiger partial charge in [-0.15, -0.1) is 0 Å². The van der Waals surface area contributed by atoms with Gasteiger partial charge in [0, 0.05) is 6.42 Å². The second kappa shape index (κ2) is 9.37. The minimum absolute atomic E-state index is 0.121. The zero-order chi connectivity index (χ0) is 20.7. The van der Waals surface area contributed by atoms with E-state index in [2.05, 4.69) is 91.0 Å². The molecule has 150 valence electrons. The molecule has 0 radical (unpaired) electrons. The van der Waals surface area contributed by atoms with Crippen LogP contribution in [0.3, 0.4) is 0 Å². The maximum Gasteiger partial charge on any atom is 0.306 e. The number of ether oxygens (including phenoxy) is 1. The minimum atomic E-state index is -1.87. The van der Waals surface area contributed by atoms with Gasteiger partial charge in [0.15, 0.2) is 0 Å². The van der Waals surface area contributed by atoms with Crippen molar-refractivity contribution in [2.45, 2.75) is 39.2 Å². The molecule has 3 aromatic carbocycles. The maximum atomic E-state index is 12.3. The Morgan fingerprint density at radius 2 is 1.10 bits per heavy atom. The van der Waals surface area contributed by atoms with Crippen LogP contribution in [0.1, 0.15) is 33.6 Å². The third kappa shape index (κ3) is 5.34. The van der Waals surface area contributed by atoms with Crippen LogP contribution in [0.15, 0.2) is 91.0 Å². The molecule has 0 bridgehead atoms. The monoisotopic (exact) mass is 405 g/mol. The Kier molecular flexibility index (Phi) is 6.87. The molecule has 0 aliphatic carbocycles. The quantitative estimate of drug-likeness (QED) is 0.404. The summed E-state index contributed by atoms with van der Waals surface area (Å²) in [6.07, 6.45) is 2.16. The maximum absolute atomic E-state index is 12.3. The Bertz CT molecular complexity index is 803. The average molecular weight is 405 g/mol. The van der Waals surface area contributed by atoms with Crippen molar-refractivity contribution in [3.8, 4) is 0 Å². The van der Waals surface area contributed by atoms with Gasteiger partial charge in [0.25, 0.3) is 0 Å². The number of carbonyl (C=O) groups is 1. The van der Waals surface area contributed by atoms with Gasteiger partial charge in [-0.05, 0) is 63.6 Å². The van der Waals surface area contributed by atoms with Crippen LogP contribution in [0.25, 0.3) is 0 Å². The van der Waals surface area contributed by atoms with Gasteiger partial charge < -0.3 is 4.74 Å². The highest BCUT2D eigenvalue weighted by Crippen LogP contribution is 2.55. The number of esters is 1. The minimum Gasteiger partial charge on any atom is -0.460 e. The van der Waals surface area contributed by atoms with Crippen molar-refractivity contribution in [1.82, 2.24) is 0 Å². The second-order valence-corrected chi connectivity index (χ2v) is 11.8. The van der Waals surface area contributed by atoms with Crippen molar-refractivity contribution in [2.75, 3.05) is 6.16 Å². The van der Waals surface area contributed by atoms with Crippen LogP contribution >= 0.6 is 7.26 Å². The van der Waals surface area contributed by atoms with Crippen molar-refractivity contribution in [2.24, 2.45) is 0 Å². The molecule has 0 atom stereocenters. The van der Waals surface area contributed by atoms with Crippen molar-refractivity contribution >= 4 is 29.1 Å². The molecule has 0 N–H and O–H groups in total. The third-order valence-electron chi connectivity index (χ3n) is 4.89. The molecule has 0 saturated carbocycles. The third-order valence-corrected chi connectivity index (χ3v) is 9.41. The number of hydrogen-bond donors (Lipinski definition) is 0. The number of benzene rings is 3. The molecule has 0 aromatic heterocycles. The van der Waals surface area contributed by atoms with E-state index < -0.39 is 12.9 Å². The lowest BCUT2D eigenvalue weighted by Gasteiger charge is -2.28. The molecule has 0 heterocycles. The van der Waals surface area contributed by atoms with Gasteiger partial charge in [-0.25, -0.2) is 0 Å². The standard InChI is InChI=1S/C26H30O2P/c1-26(2,3)28-25(27)20-13-21-29(22-14-7-4-8-15-22,23-16-9-5-10-17-23)24-18-11-6-12-19-24/h4-12,14-19H,13,20-21H2,1-3H3/q+1. The molecule has 0 amide bonds. The number of carbonyl (C=O) groups excluding carboxylic acids is 1. The lowest BCUT2D eigenvalue weighted by molar-refractivity contribution is -0.154. The van der Waals surface area contributed by atoms with Crippen LogP contribution < -0.4 is 15.9 Å². The van der Waals surface area contributed by atoms with E-state index in [1.807, 2.05) is 20.8 Å². The summed E-state index contributed by atoms with van der Waals surface area (Å²) >= 11 is 0. The highest BCUT2D eigenvalue weighted by molar-refractivity contribution is 7.95. The second-order valence-electron chi connectivity index (χ2n) is 8.23.